The Morgan fingerprint density at radius 2 is 2.14 bits per heavy atom. The van der Waals surface area contributed by atoms with Crippen molar-refractivity contribution in [2.45, 2.75) is 32.2 Å². The van der Waals surface area contributed by atoms with Crippen molar-refractivity contribution in [3.05, 3.63) is 33.9 Å². The number of hydrogen-bond acceptors (Lipinski definition) is 5. The number of aromatic nitrogens is 1. The lowest BCUT2D eigenvalue weighted by atomic mass is 10.1. The van der Waals surface area contributed by atoms with Gasteiger partial charge in [0.1, 0.15) is 11.3 Å². The molecule has 2 aliphatic rings. The predicted octanol–water partition coefficient (Wildman–Crippen LogP) is 2.62. The van der Waals surface area contributed by atoms with E-state index in [4.69, 9.17) is 4.74 Å². The Balaban J connectivity index is 1.96. The number of anilines is 1. The Labute approximate surface area is 168 Å². The van der Waals surface area contributed by atoms with Crippen molar-refractivity contribution in [3.8, 4) is 5.75 Å². The number of ether oxygens (including phenoxy) is 1. The van der Waals surface area contributed by atoms with Crippen molar-refractivity contribution in [3.63, 3.8) is 0 Å². The van der Waals surface area contributed by atoms with Crippen LogP contribution < -0.4 is 20.4 Å². The number of hydrogen-bond donors (Lipinski definition) is 2. The molecule has 0 spiro atoms. The zero-order chi connectivity index (χ0) is 20.7. The molecule has 29 heavy (non-hydrogen) atoms. The Morgan fingerprint density at radius 3 is 2.76 bits per heavy atom. The topological polar surface area (TPSA) is 83.8 Å². The van der Waals surface area contributed by atoms with E-state index in [0.29, 0.717) is 42.6 Å². The molecule has 2 heterocycles. The van der Waals surface area contributed by atoms with Gasteiger partial charge in [0, 0.05) is 25.3 Å². The van der Waals surface area contributed by atoms with Gasteiger partial charge in [0.25, 0.3) is 0 Å². The third-order valence-electron chi connectivity index (χ3n) is 5.75. The van der Waals surface area contributed by atoms with Gasteiger partial charge in [-0.2, -0.15) is 0 Å². The third kappa shape index (κ3) is 3.46. The fraction of sp³-hybridized carbons (Fsp3) is 0.524. The summed E-state index contributed by atoms with van der Waals surface area (Å²) in [6.07, 6.45) is 4.12. The first-order valence-corrected chi connectivity index (χ1v) is 10.1. The molecule has 1 aliphatic heterocycles. The average molecular weight is 403 g/mol. The summed E-state index contributed by atoms with van der Waals surface area (Å²) >= 11 is 0. The summed E-state index contributed by atoms with van der Waals surface area (Å²) in [5.74, 6) is -1.10. The standard InChI is InChI=1S/C21H26FN3O4/c1-3-29-20-17-14(19(26)15(21(27)28)11-25(17)13-4-5-13)8-16(22)18(20)24-7-6-12(10-24)9-23-2/h8,11-13,23H,3-7,9-10H2,1-2H3,(H,27,28). The lowest BCUT2D eigenvalue weighted by Gasteiger charge is -2.25. The molecule has 1 saturated heterocycles. The predicted molar refractivity (Wildman–Crippen MR) is 109 cm³/mol. The Morgan fingerprint density at radius 1 is 1.38 bits per heavy atom. The minimum absolute atomic E-state index is 0.0625. The summed E-state index contributed by atoms with van der Waals surface area (Å²) in [6, 6.07) is 1.29. The second-order valence-electron chi connectivity index (χ2n) is 7.84. The average Bonchev–Trinajstić information content (AvgIpc) is 3.42. The first kappa shape index (κ1) is 19.7. The van der Waals surface area contributed by atoms with Gasteiger partial charge in [-0.25, -0.2) is 9.18 Å². The molecule has 1 aromatic heterocycles. The van der Waals surface area contributed by atoms with Crippen molar-refractivity contribution in [2.75, 3.05) is 38.2 Å². The fourth-order valence-electron chi connectivity index (χ4n) is 4.30. The van der Waals surface area contributed by atoms with Crippen molar-refractivity contribution in [1.82, 2.24) is 9.88 Å². The number of carboxylic acid groups (broad SMARTS) is 1. The number of rotatable bonds is 7. The molecule has 2 fully saturated rings. The van der Waals surface area contributed by atoms with E-state index in [0.717, 1.165) is 25.8 Å². The number of halogens is 1. The molecule has 0 amide bonds. The summed E-state index contributed by atoms with van der Waals surface area (Å²) in [6.45, 7) is 4.39. The molecular formula is C21H26FN3O4. The highest BCUT2D eigenvalue weighted by Gasteiger charge is 2.33. The first-order valence-electron chi connectivity index (χ1n) is 10.1. The monoisotopic (exact) mass is 403 g/mol. The van der Waals surface area contributed by atoms with Crippen LogP contribution in [0.3, 0.4) is 0 Å². The zero-order valence-corrected chi connectivity index (χ0v) is 16.7. The number of nitrogens with one attached hydrogen (secondary N) is 1. The SMILES string of the molecule is CCOc1c(N2CCC(CNC)C2)c(F)cc2c(=O)c(C(=O)O)cn(C3CC3)c12. The summed E-state index contributed by atoms with van der Waals surface area (Å²) < 4.78 is 23.0. The van der Waals surface area contributed by atoms with Crippen LogP contribution in [-0.2, 0) is 0 Å². The smallest absolute Gasteiger partial charge is 0.341 e. The van der Waals surface area contributed by atoms with Gasteiger partial charge in [0.2, 0.25) is 5.43 Å². The highest BCUT2D eigenvalue weighted by atomic mass is 19.1. The number of carboxylic acids is 1. The number of pyridine rings is 1. The Hall–Kier alpha value is -2.61. The molecule has 0 bridgehead atoms. The number of carbonyl (C=O) groups is 1. The molecule has 1 aromatic carbocycles. The van der Waals surface area contributed by atoms with Gasteiger partial charge in [-0.15, -0.1) is 0 Å². The first-order chi connectivity index (χ1) is 14.0. The van der Waals surface area contributed by atoms with Crippen LogP contribution in [0.5, 0.6) is 5.75 Å². The van der Waals surface area contributed by atoms with Crippen LogP contribution in [0, 0.1) is 11.7 Å². The van der Waals surface area contributed by atoms with Crippen molar-refractivity contribution in [2.24, 2.45) is 5.92 Å². The summed E-state index contributed by atoms with van der Waals surface area (Å²) in [4.78, 5) is 26.4. The molecule has 1 atom stereocenters. The van der Waals surface area contributed by atoms with Crippen LogP contribution in [0.25, 0.3) is 10.9 Å². The number of benzene rings is 1. The molecule has 1 aliphatic carbocycles. The van der Waals surface area contributed by atoms with E-state index in [1.807, 2.05) is 18.9 Å². The summed E-state index contributed by atoms with van der Waals surface area (Å²) in [5.41, 5.74) is -0.146. The Kier molecular flexibility index (Phi) is 5.21. The second kappa shape index (κ2) is 7.67. The van der Waals surface area contributed by atoms with Crippen LogP contribution in [-0.4, -0.2) is 48.9 Å². The molecule has 7 nitrogen and oxygen atoms in total. The van der Waals surface area contributed by atoms with Gasteiger partial charge in [-0.1, -0.05) is 0 Å². The van der Waals surface area contributed by atoms with E-state index < -0.39 is 17.2 Å². The third-order valence-corrected chi connectivity index (χ3v) is 5.75. The fourth-order valence-corrected chi connectivity index (χ4v) is 4.30. The number of fused-ring (bicyclic) bond motifs is 1. The van der Waals surface area contributed by atoms with E-state index in [1.165, 1.54) is 12.3 Å². The van der Waals surface area contributed by atoms with Gasteiger partial charge < -0.3 is 24.6 Å². The molecule has 8 heteroatoms. The van der Waals surface area contributed by atoms with Gasteiger partial charge in [-0.05, 0) is 51.8 Å². The highest BCUT2D eigenvalue weighted by Crippen LogP contribution is 2.44. The number of aromatic carboxylic acids is 1. The molecule has 4 rings (SSSR count). The van der Waals surface area contributed by atoms with Crippen LogP contribution >= 0.6 is 0 Å². The Bertz CT molecular complexity index is 1020. The van der Waals surface area contributed by atoms with E-state index in [2.05, 4.69) is 5.32 Å². The maximum atomic E-state index is 15.3. The zero-order valence-electron chi connectivity index (χ0n) is 16.7. The molecule has 2 aromatic rings. The lowest BCUT2D eigenvalue weighted by molar-refractivity contribution is 0.0694. The quantitative estimate of drug-likeness (QED) is 0.740. The summed E-state index contributed by atoms with van der Waals surface area (Å²) in [5, 5.41) is 12.7. The minimum Gasteiger partial charge on any atom is -0.489 e. The molecular weight excluding hydrogens is 377 g/mol. The van der Waals surface area contributed by atoms with Crippen molar-refractivity contribution < 1.29 is 19.0 Å². The van der Waals surface area contributed by atoms with Crippen LogP contribution in [0.2, 0.25) is 0 Å². The molecule has 1 unspecified atom stereocenters. The maximum absolute atomic E-state index is 15.3. The lowest BCUT2D eigenvalue weighted by Crippen LogP contribution is -2.26. The van der Waals surface area contributed by atoms with Crippen LogP contribution in [0.15, 0.2) is 17.1 Å². The van der Waals surface area contributed by atoms with Gasteiger partial charge in [-0.3, -0.25) is 4.79 Å². The van der Waals surface area contributed by atoms with Crippen molar-refractivity contribution in [1.29, 1.82) is 0 Å². The molecule has 1 saturated carbocycles. The van der Waals surface area contributed by atoms with Gasteiger partial charge >= 0.3 is 5.97 Å². The largest absolute Gasteiger partial charge is 0.489 e. The van der Waals surface area contributed by atoms with Crippen LogP contribution in [0.4, 0.5) is 10.1 Å². The number of nitrogens with zero attached hydrogens (tertiary/aromatic N) is 2. The summed E-state index contributed by atoms with van der Waals surface area (Å²) in [7, 11) is 1.90. The normalized spacial score (nSPS) is 19.1. The molecule has 0 radical (unpaired) electrons. The van der Waals surface area contributed by atoms with Gasteiger partial charge in [0.15, 0.2) is 11.6 Å². The maximum Gasteiger partial charge on any atom is 0.341 e. The van der Waals surface area contributed by atoms with E-state index >= 15 is 4.39 Å². The molecule has 2 N–H and O–H groups in total. The molecule has 156 valence electrons. The van der Waals surface area contributed by atoms with Crippen molar-refractivity contribution >= 4 is 22.6 Å². The van der Waals surface area contributed by atoms with Crippen LogP contribution in [0.1, 0.15) is 42.6 Å². The van der Waals surface area contributed by atoms with E-state index in [-0.39, 0.29) is 17.0 Å². The van der Waals surface area contributed by atoms with E-state index in [9.17, 15) is 14.7 Å². The van der Waals surface area contributed by atoms with Gasteiger partial charge in [0.05, 0.1) is 17.5 Å². The minimum atomic E-state index is -1.30. The van der Waals surface area contributed by atoms with E-state index in [1.54, 1.807) is 4.57 Å². The second-order valence-corrected chi connectivity index (χ2v) is 7.84. The highest BCUT2D eigenvalue weighted by molar-refractivity contribution is 5.97.